The minimum Gasteiger partial charge on any atom is -0.339 e. The van der Waals surface area contributed by atoms with Gasteiger partial charge in [0.1, 0.15) is 5.82 Å². The molecule has 1 saturated carbocycles. The second kappa shape index (κ2) is 5.51. The van der Waals surface area contributed by atoms with E-state index in [4.69, 9.17) is 0 Å². The summed E-state index contributed by atoms with van der Waals surface area (Å²) in [6.45, 7) is 1.69. The summed E-state index contributed by atoms with van der Waals surface area (Å²) >= 11 is 0. The molecule has 1 aromatic carbocycles. The first kappa shape index (κ1) is 13.1. The summed E-state index contributed by atoms with van der Waals surface area (Å²) in [6.07, 6.45) is 5.84. The molecule has 0 atom stereocenters. The predicted octanol–water partition coefficient (Wildman–Crippen LogP) is 3.54. The van der Waals surface area contributed by atoms with Crippen LogP contribution in [-0.2, 0) is 0 Å². The van der Waals surface area contributed by atoms with Gasteiger partial charge in [0.15, 0.2) is 0 Å². The first-order valence-electron chi connectivity index (χ1n) is 6.63. The average molecular weight is 249 g/mol. The smallest absolute Gasteiger partial charge is 0.253 e. The number of carbonyl (C=O) groups excluding carboxylic acids is 1. The molecule has 0 unspecified atom stereocenters. The highest BCUT2D eigenvalue weighted by atomic mass is 19.1. The Morgan fingerprint density at radius 2 is 1.94 bits per heavy atom. The first-order valence-corrected chi connectivity index (χ1v) is 6.63. The van der Waals surface area contributed by atoms with Crippen LogP contribution < -0.4 is 0 Å². The van der Waals surface area contributed by atoms with Crippen LogP contribution in [0.2, 0.25) is 0 Å². The summed E-state index contributed by atoms with van der Waals surface area (Å²) in [5.41, 5.74) is 1.11. The van der Waals surface area contributed by atoms with Crippen molar-refractivity contribution in [3.8, 4) is 0 Å². The second-order valence-corrected chi connectivity index (χ2v) is 5.17. The summed E-state index contributed by atoms with van der Waals surface area (Å²) in [7, 11) is 1.86. The summed E-state index contributed by atoms with van der Waals surface area (Å²) in [6, 6.07) is 4.93. The Hall–Kier alpha value is -1.38. The van der Waals surface area contributed by atoms with Gasteiger partial charge in [0.2, 0.25) is 0 Å². The molecule has 0 saturated heterocycles. The lowest BCUT2D eigenvalue weighted by atomic mass is 9.94. The van der Waals surface area contributed by atoms with Gasteiger partial charge in [-0.1, -0.05) is 19.3 Å². The SMILES string of the molecule is Cc1cc(C(=O)N(C)C2CCCCC2)ccc1F. The van der Waals surface area contributed by atoms with Crippen molar-refractivity contribution in [1.29, 1.82) is 0 Å². The van der Waals surface area contributed by atoms with Gasteiger partial charge in [-0.15, -0.1) is 0 Å². The van der Waals surface area contributed by atoms with Crippen molar-refractivity contribution in [3.63, 3.8) is 0 Å². The van der Waals surface area contributed by atoms with Crippen LogP contribution in [0.4, 0.5) is 4.39 Å². The Labute approximate surface area is 108 Å². The summed E-state index contributed by atoms with van der Waals surface area (Å²) in [4.78, 5) is 14.1. The summed E-state index contributed by atoms with van der Waals surface area (Å²) < 4.78 is 13.2. The Bertz CT molecular complexity index is 438. The topological polar surface area (TPSA) is 20.3 Å². The minimum atomic E-state index is -0.258. The van der Waals surface area contributed by atoms with Crippen LogP contribution in [-0.4, -0.2) is 23.9 Å². The van der Waals surface area contributed by atoms with E-state index >= 15 is 0 Å². The zero-order valence-electron chi connectivity index (χ0n) is 11.1. The Kier molecular flexibility index (Phi) is 4.00. The highest BCUT2D eigenvalue weighted by Crippen LogP contribution is 2.23. The van der Waals surface area contributed by atoms with Crippen molar-refractivity contribution >= 4 is 5.91 Å². The zero-order valence-corrected chi connectivity index (χ0v) is 11.1. The molecule has 18 heavy (non-hydrogen) atoms. The number of amides is 1. The summed E-state index contributed by atoms with van der Waals surface area (Å²) in [5.74, 6) is -0.253. The number of hydrogen-bond acceptors (Lipinski definition) is 1. The van der Waals surface area contributed by atoms with Crippen LogP contribution in [0.5, 0.6) is 0 Å². The van der Waals surface area contributed by atoms with Crippen LogP contribution in [0, 0.1) is 12.7 Å². The summed E-state index contributed by atoms with van der Waals surface area (Å²) in [5, 5.41) is 0. The molecule has 1 aliphatic carbocycles. The van der Waals surface area contributed by atoms with Crippen LogP contribution in [0.3, 0.4) is 0 Å². The third kappa shape index (κ3) is 2.71. The van der Waals surface area contributed by atoms with Gasteiger partial charge in [-0.25, -0.2) is 4.39 Å². The predicted molar refractivity (Wildman–Crippen MR) is 70.1 cm³/mol. The molecule has 0 aliphatic heterocycles. The highest BCUT2D eigenvalue weighted by Gasteiger charge is 2.23. The molecule has 1 amide bonds. The number of halogens is 1. The van der Waals surface area contributed by atoms with Crippen molar-refractivity contribution in [3.05, 3.63) is 35.1 Å². The van der Waals surface area contributed by atoms with E-state index in [2.05, 4.69) is 0 Å². The molecule has 0 aromatic heterocycles. The van der Waals surface area contributed by atoms with E-state index in [9.17, 15) is 9.18 Å². The monoisotopic (exact) mass is 249 g/mol. The molecule has 1 aliphatic rings. The van der Waals surface area contributed by atoms with Crippen molar-refractivity contribution < 1.29 is 9.18 Å². The maximum Gasteiger partial charge on any atom is 0.253 e. The zero-order chi connectivity index (χ0) is 13.1. The lowest BCUT2D eigenvalue weighted by Crippen LogP contribution is -2.38. The van der Waals surface area contributed by atoms with E-state index < -0.39 is 0 Å². The molecular weight excluding hydrogens is 229 g/mol. The normalized spacial score (nSPS) is 16.6. The molecule has 0 spiro atoms. The van der Waals surface area contributed by atoms with E-state index in [0.717, 1.165) is 12.8 Å². The van der Waals surface area contributed by atoms with Crippen LogP contribution in [0.25, 0.3) is 0 Å². The van der Waals surface area contributed by atoms with Gasteiger partial charge in [-0.05, 0) is 43.5 Å². The van der Waals surface area contributed by atoms with Gasteiger partial charge in [-0.2, -0.15) is 0 Å². The lowest BCUT2D eigenvalue weighted by Gasteiger charge is -2.31. The number of aryl methyl sites for hydroxylation is 1. The molecule has 0 heterocycles. The molecule has 1 aromatic rings. The third-order valence-corrected chi connectivity index (χ3v) is 3.85. The Morgan fingerprint density at radius 3 is 2.56 bits per heavy atom. The van der Waals surface area contributed by atoms with Crippen LogP contribution in [0.15, 0.2) is 18.2 Å². The minimum absolute atomic E-state index is 0.00463. The molecule has 3 heteroatoms. The van der Waals surface area contributed by atoms with Gasteiger partial charge < -0.3 is 4.90 Å². The number of rotatable bonds is 2. The second-order valence-electron chi connectivity index (χ2n) is 5.17. The highest BCUT2D eigenvalue weighted by molar-refractivity contribution is 5.94. The maximum absolute atomic E-state index is 13.2. The molecule has 1 fully saturated rings. The number of nitrogens with zero attached hydrogens (tertiary/aromatic N) is 1. The maximum atomic E-state index is 13.2. The van der Waals surface area contributed by atoms with Gasteiger partial charge in [0.25, 0.3) is 5.91 Å². The first-order chi connectivity index (χ1) is 8.59. The van der Waals surface area contributed by atoms with E-state index in [1.54, 1.807) is 19.1 Å². The van der Waals surface area contributed by atoms with E-state index in [-0.39, 0.29) is 11.7 Å². The van der Waals surface area contributed by atoms with Crippen molar-refractivity contribution in [2.75, 3.05) is 7.05 Å². The van der Waals surface area contributed by atoms with Crippen molar-refractivity contribution in [2.45, 2.75) is 45.1 Å². The fourth-order valence-corrected chi connectivity index (χ4v) is 2.62. The van der Waals surface area contributed by atoms with Gasteiger partial charge in [0, 0.05) is 18.7 Å². The number of carbonyl (C=O) groups is 1. The Morgan fingerprint density at radius 1 is 1.28 bits per heavy atom. The average Bonchev–Trinajstić information content (AvgIpc) is 2.41. The fourth-order valence-electron chi connectivity index (χ4n) is 2.62. The van der Waals surface area contributed by atoms with Crippen molar-refractivity contribution in [1.82, 2.24) is 4.90 Å². The van der Waals surface area contributed by atoms with Crippen LogP contribution in [0.1, 0.15) is 48.0 Å². The van der Waals surface area contributed by atoms with Crippen LogP contribution >= 0.6 is 0 Å². The van der Waals surface area contributed by atoms with E-state index in [1.807, 2.05) is 11.9 Å². The molecule has 0 N–H and O–H groups in total. The molecule has 2 nitrogen and oxygen atoms in total. The van der Waals surface area contributed by atoms with E-state index in [0.29, 0.717) is 17.2 Å². The van der Waals surface area contributed by atoms with Gasteiger partial charge in [-0.3, -0.25) is 4.79 Å². The molecule has 2 rings (SSSR count). The Balaban J connectivity index is 2.11. The van der Waals surface area contributed by atoms with Gasteiger partial charge >= 0.3 is 0 Å². The quantitative estimate of drug-likeness (QED) is 0.785. The number of hydrogen-bond donors (Lipinski definition) is 0. The van der Waals surface area contributed by atoms with E-state index in [1.165, 1.54) is 25.3 Å². The third-order valence-electron chi connectivity index (χ3n) is 3.85. The largest absolute Gasteiger partial charge is 0.339 e. The lowest BCUT2D eigenvalue weighted by molar-refractivity contribution is 0.0696. The molecule has 98 valence electrons. The number of benzene rings is 1. The van der Waals surface area contributed by atoms with Crippen molar-refractivity contribution in [2.24, 2.45) is 0 Å². The molecule has 0 radical (unpaired) electrons. The molecular formula is C15H20FNO. The van der Waals surface area contributed by atoms with Gasteiger partial charge in [0.05, 0.1) is 0 Å². The fraction of sp³-hybridized carbons (Fsp3) is 0.533. The molecule has 0 bridgehead atoms. The standard InChI is InChI=1S/C15H20FNO/c1-11-10-12(8-9-14(11)16)15(18)17(2)13-6-4-3-5-7-13/h8-10,13H,3-7H2,1-2H3.